The Kier molecular flexibility index (Phi) is 4.10. The first-order chi connectivity index (χ1) is 9.74. The SMILES string of the molecule is O=C(CSc1cccs1)NC1c2ccccc2CC1O. The number of hydrogen-bond donors (Lipinski definition) is 2. The van der Waals surface area contributed by atoms with E-state index in [0.29, 0.717) is 12.2 Å². The fraction of sp³-hybridized carbons (Fsp3) is 0.267. The average molecular weight is 305 g/mol. The molecule has 1 aliphatic rings. The Morgan fingerprint density at radius 2 is 2.20 bits per heavy atom. The van der Waals surface area contributed by atoms with Crippen molar-refractivity contribution in [1.82, 2.24) is 5.32 Å². The number of amides is 1. The smallest absolute Gasteiger partial charge is 0.230 e. The largest absolute Gasteiger partial charge is 0.390 e. The van der Waals surface area contributed by atoms with E-state index in [2.05, 4.69) is 5.32 Å². The Morgan fingerprint density at radius 3 is 3.00 bits per heavy atom. The number of thiophene rings is 1. The predicted molar refractivity (Wildman–Crippen MR) is 82.1 cm³/mol. The topological polar surface area (TPSA) is 49.3 Å². The molecule has 3 nitrogen and oxygen atoms in total. The first kappa shape index (κ1) is 13.7. The molecule has 0 saturated carbocycles. The summed E-state index contributed by atoms with van der Waals surface area (Å²) in [6.07, 6.45) is 0.0854. The Labute approximate surface area is 126 Å². The van der Waals surface area contributed by atoms with Crippen LogP contribution in [0.2, 0.25) is 0 Å². The van der Waals surface area contributed by atoms with Crippen LogP contribution in [0.3, 0.4) is 0 Å². The number of rotatable bonds is 4. The molecule has 0 saturated heterocycles. The quantitative estimate of drug-likeness (QED) is 0.854. The summed E-state index contributed by atoms with van der Waals surface area (Å²) in [4.78, 5) is 12.0. The molecule has 2 atom stereocenters. The summed E-state index contributed by atoms with van der Waals surface area (Å²) in [6.45, 7) is 0. The van der Waals surface area contributed by atoms with Crippen molar-refractivity contribution in [3.05, 3.63) is 52.9 Å². The number of hydrogen-bond acceptors (Lipinski definition) is 4. The lowest BCUT2D eigenvalue weighted by Crippen LogP contribution is -2.34. The molecule has 2 N–H and O–H groups in total. The van der Waals surface area contributed by atoms with E-state index >= 15 is 0 Å². The van der Waals surface area contributed by atoms with Crippen molar-refractivity contribution < 1.29 is 9.90 Å². The van der Waals surface area contributed by atoms with E-state index in [1.165, 1.54) is 11.8 Å². The molecule has 1 aliphatic carbocycles. The summed E-state index contributed by atoms with van der Waals surface area (Å²) in [5.74, 6) is 0.343. The van der Waals surface area contributed by atoms with E-state index in [1.807, 2.05) is 41.8 Å². The average Bonchev–Trinajstić information content (AvgIpc) is 3.06. The highest BCUT2D eigenvalue weighted by molar-refractivity contribution is 8.01. The van der Waals surface area contributed by atoms with Gasteiger partial charge in [0.25, 0.3) is 0 Å². The van der Waals surface area contributed by atoms with Crippen LogP contribution >= 0.6 is 23.1 Å². The predicted octanol–water partition coefficient (Wildman–Crippen LogP) is 2.61. The van der Waals surface area contributed by atoms with Gasteiger partial charge in [0.15, 0.2) is 0 Å². The zero-order valence-corrected chi connectivity index (χ0v) is 12.4. The molecule has 0 spiro atoms. The van der Waals surface area contributed by atoms with Crippen LogP contribution in [0.5, 0.6) is 0 Å². The zero-order valence-electron chi connectivity index (χ0n) is 10.8. The summed E-state index contributed by atoms with van der Waals surface area (Å²) in [6, 6.07) is 11.6. The lowest BCUT2D eigenvalue weighted by molar-refractivity contribution is -0.120. The highest BCUT2D eigenvalue weighted by Crippen LogP contribution is 2.31. The van der Waals surface area contributed by atoms with Crippen LogP contribution in [0.25, 0.3) is 0 Å². The van der Waals surface area contributed by atoms with Gasteiger partial charge >= 0.3 is 0 Å². The summed E-state index contributed by atoms with van der Waals surface area (Å²) in [5, 5.41) is 15.0. The van der Waals surface area contributed by atoms with Gasteiger partial charge < -0.3 is 10.4 Å². The van der Waals surface area contributed by atoms with Gasteiger partial charge in [-0.05, 0) is 22.6 Å². The second kappa shape index (κ2) is 5.99. The Balaban J connectivity index is 1.61. The number of aliphatic hydroxyl groups is 1. The van der Waals surface area contributed by atoms with Crippen molar-refractivity contribution in [2.75, 3.05) is 5.75 Å². The van der Waals surface area contributed by atoms with Crippen molar-refractivity contribution in [2.24, 2.45) is 0 Å². The van der Waals surface area contributed by atoms with E-state index in [9.17, 15) is 9.90 Å². The summed E-state index contributed by atoms with van der Waals surface area (Å²) < 4.78 is 1.13. The van der Waals surface area contributed by atoms with Crippen molar-refractivity contribution in [3.8, 4) is 0 Å². The standard InChI is InChI=1S/C15H15NO2S2/c17-12-8-10-4-1-2-5-11(10)15(12)16-13(18)9-20-14-6-3-7-19-14/h1-7,12,15,17H,8-9H2,(H,16,18). The number of nitrogens with one attached hydrogen (secondary N) is 1. The molecule has 1 aromatic heterocycles. The molecule has 1 heterocycles. The first-order valence-corrected chi connectivity index (χ1v) is 8.32. The van der Waals surface area contributed by atoms with Gasteiger partial charge in [0.05, 0.1) is 22.1 Å². The van der Waals surface area contributed by atoms with Gasteiger partial charge in [0.2, 0.25) is 5.91 Å². The van der Waals surface area contributed by atoms with E-state index in [1.54, 1.807) is 11.3 Å². The summed E-state index contributed by atoms with van der Waals surface area (Å²) in [5.41, 5.74) is 2.16. The van der Waals surface area contributed by atoms with Crippen molar-refractivity contribution >= 4 is 29.0 Å². The highest BCUT2D eigenvalue weighted by Gasteiger charge is 2.31. The maximum Gasteiger partial charge on any atom is 0.230 e. The van der Waals surface area contributed by atoms with Gasteiger partial charge in [0, 0.05) is 6.42 Å². The molecule has 5 heteroatoms. The third kappa shape index (κ3) is 2.90. The Bertz CT molecular complexity index is 598. The number of thioether (sulfide) groups is 1. The molecule has 2 aromatic rings. The molecule has 104 valence electrons. The lowest BCUT2D eigenvalue weighted by Gasteiger charge is -2.17. The fourth-order valence-electron chi connectivity index (χ4n) is 2.45. The molecule has 3 rings (SSSR count). The molecule has 0 bridgehead atoms. The number of fused-ring (bicyclic) bond motifs is 1. The van der Waals surface area contributed by atoms with Crippen LogP contribution in [0.4, 0.5) is 0 Å². The fourth-order valence-corrected chi connectivity index (χ4v) is 4.04. The van der Waals surface area contributed by atoms with Crippen molar-refractivity contribution in [2.45, 2.75) is 22.8 Å². The van der Waals surface area contributed by atoms with Crippen molar-refractivity contribution in [1.29, 1.82) is 0 Å². The zero-order chi connectivity index (χ0) is 13.9. The third-order valence-electron chi connectivity index (χ3n) is 3.36. The minimum absolute atomic E-state index is 0.0378. The van der Waals surface area contributed by atoms with E-state index in [0.717, 1.165) is 15.3 Å². The maximum atomic E-state index is 12.0. The minimum Gasteiger partial charge on any atom is -0.390 e. The van der Waals surface area contributed by atoms with Gasteiger partial charge in [-0.15, -0.1) is 23.1 Å². The molecule has 1 aromatic carbocycles. The molecule has 0 fully saturated rings. The van der Waals surface area contributed by atoms with E-state index in [4.69, 9.17) is 0 Å². The number of aliphatic hydroxyl groups excluding tert-OH is 1. The second-order valence-corrected chi connectivity index (χ2v) is 6.96. The normalized spacial score (nSPS) is 20.6. The molecule has 0 radical (unpaired) electrons. The maximum absolute atomic E-state index is 12.0. The first-order valence-electron chi connectivity index (χ1n) is 6.45. The molecule has 1 amide bonds. The van der Waals surface area contributed by atoms with Crippen LogP contribution in [0.15, 0.2) is 46.0 Å². The summed E-state index contributed by atoms with van der Waals surface area (Å²) in [7, 11) is 0. The van der Waals surface area contributed by atoms with Gasteiger partial charge in [-0.25, -0.2) is 0 Å². The molecule has 0 aliphatic heterocycles. The number of carbonyl (C=O) groups is 1. The molecule has 20 heavy (non-hydrogen) atoms. The van der Waals surface area contributed by atoms with Crippen LogP contribution < -0.4 is 5.32 Å². The second-order valence-electron chi connectivity index (χ2n) is 4.74. The van der Waals surface area contributed by atoms with Crippen LogP contribution in [0, 0.1) is 0 Å². The minimum atomic E-state index is -0.525. The molecule has 2 unspecified atom stereocenters. The monoisotopic (exact) mass is 305 g/mol. The summed E-state index contributed by atoms with van der Waals surface area (Å²) >= 11 is 3.16. The highest BCUT2D eigenvalue weighted by atomic mass is 32.2. The van der Waals surface area contributed by atoms with Gasteiger partial charge in [-0.1, -0.05) is 30.3 Å². The third-order valence-corrected chi connectivity index (χ3v) is 5.49. The van der Waals surface area contributed by atoms with Gasteiger partial charge in [0.1, 0.15) is 0 Å². The Hall–Kier alpha value is -1.30. The van der Waals surface area contributed by atoms with Crippen LogP contribution in [-0.4, -0.2) is 22.9 Å². The van der Waals surface area contributed by atoms with Gasteiger partial charge in [-0.3, -0.25) is 4.79 Å². The van der Waals surface area contributed by atoms with Crippen LogP contribution in [0.1, 0.15) is 17.2 Å². The van der Waals surface area contributed by atoms with E-state index < -0.39 is 6.10 Å². The van der Waals surface area contributed by atoms with Gasteiger partial charge in [-0.2, -0.15) is 0 Å². The molecular formula is C15H15NO2S2. The number of benzene rings is 1. The van der Waals surface area contributed by atoms with E-state index in [-0.39, 0.29) is 11.9 Å². The van der Waals surface area contributed by atoms with Crippen LogP contribution in [-0.2, 0) is 11.2 Å². The molecular weight excluding hydrogens is 290 g/mol. The Morgan fingerprint density at radius 1 is 1.35 bits per heavy atom. The van der Waals surface area contributed by atoms with Crippen molar-refractivity contribution in [3.63, 3.8) is 0 Å². The number of carbonyl (C=O) groups excluding carboxylic acids is 1. The lowest BCUT2D eigenvalue weighted by atomic mass is 10.1.